The largest absolute Gasteiger partial charge is 0.495 e. The van der Waals surface area contributed by atoms with E-state index in [-0.39, 0.29) is 45.7 Å². The standard InChI is InChI=1S/C26H27ClN4O9S2/c1-18-3-7-22(16-23(18)31(33)34)42(37,38)30(24-15-19(27)4-10-25(24)39-2)17-26(32)28-20-5-8-21(9-6-20)41(35,36)29-11-13-40-14-12-29/h3-10,15-16H,11-14,17H2,1-2H3,(H,28,32). The van der Waals surface area contributed by atoms with Crippen LogP contribution in [0, 0.1) is 17.0 Å². The second kappa shape index (κ2) is 12.6. The molecule has 1 saturated heterocycles. The number of carbonyl (C=O) groups is 1. The summed E-state index contributed by atoms with van der Waals surface area (Å²) < 4.78 is 66.0. The minimum atomic E-state index is -4.57. The molecule has 3 aromatic rings. The second-order valence-electron chi connectivity index (χ2n) is 9.12. The van der Waals surface area contributed by atoms with Crippen LogP contribution in [-0.2, 0) is 29.6 Å². The number of carbonyl (C=O) groups excluding carboxylic acids is 1. The Morgan fingerprint density at radius 1 is 1.05 bits per heavy atom. The lowest BCUT2D eigenvalue weighted by molar-refractivity contribution is -0.385. The minimum absolute atomic E-state index is 0.0243. The van der Waals surface area contributed by atoms with Crippen LogP contribution in [0.2, 0.25) is 5.02 Å². The predicted molar refractivity (Wildman–Crippen MR) is 155 cm³/mol. The third kappa shape index (κ3) is 6.65. The summed E-state index contributed by atoms with van der Waals surface area (Å²) in [7, 11) is -7.02. The molecule has 0 spiro atoms. The number of nitro benzene ring substituents is 1. The van der Waals surface area contributed by atoms with E-state index in [0.717, 1.165) is 10.4 Å². The number of sulfonamides is 2. The molecular weight excluding hydrogens is 612 g/mol. The summed E-state index contributed by atoms with van der Waals surface area (Å²) in [6, 6.07) is 13.0. The first-order valence-electron chi connectivity index (χ1n) is 12.4. The number of rotatable bonds is 10. The summed E-state index contributed by atoms with van der Waals surface area (Å²) in [5, 5.41) is 14.2. The van der Waals surface area contributed by atoms with Crippen molar-refractivity contribution in [3.63, 3.8) is 0 Å². The number of nitrogens with zero attached hydrogens (tertiary/aromatic N) is 3. The number of hydrogen-bond acceptors (Lipinski definition) is 9. The fraction of sp³-hybridized carbons (Fsp3) is 0.269. The third-order valence-corrected chi connectivity index (χ3v) is 10.3. The first kappa shape index (κ1) is 31.2. The Bertz CT molecular complexity index is 1710. The Kier molecular flexibility index (Phi) is 9.37. The zero-order valence-electron chi connectivity index (χ0n) is 22.5. The molecule has 1 aliphatic heterocycles. The Hall–Kier alpha value is -3.76. The van der Waals surface area contributed by atoms with Crippen molar-refractivity contribution in [2.45, 2.75) is 16.7 Å². The van der Waals surface area contributed by atoms with E-state index in [9.17, 15) is 31.7 Å². The zero-order valence-corrected chi connectivity index (χ0v) is 24.9. The van der Waals surface area contributed by atoms with Gasteiger partial charge in [0.15, 0.2) is 0 Å². The molecule has 42 heavy (non-hydrogen) atoms. The number of aryl methyl sites for hydroxylation is 1. The first-order valence-corrected chi connectivity index (χ1v) is 15.7. The summed E-state index contributed by atoms with van der Waals surface area (Å²) in [6.07, 6.45) is 0. The van der Waals surface area contributed by atoms with E-state index in [4.69, 9.17) is 21.1 Å². The van der Waals surface area contributed by atoms with Gasteiger partial charge in [-0.3, -0.25) is 19.2 Å². The van der Waals surface area contributed by atoms with E-state index >= 15 is 0 Å². The van der Waals surface area contributed by atoms with Crippen molar-refractivity contribution >= 4 is 54.6 Å². The van der Waals surface area contributed by atoms with Crippen LogP contribution in [0.3, 0.4) is 0 Å². The molecule has 0 saturated carbocycles. The van der Waals surface area contributed by atoms with Gasteiger partial charge in [0.2, 0.25) is 15.9 Å². The van der Waals surface area contributed by atoms with E-state index in [1.807, 2.05) is 0 Å². The number of amides is 1. The summed E-state index contributed by atoms with van der Waals surface area (Å²) in [5.74, 6) is -0.707. The molecule has 4 rings (SSSR count). The number of methoxy groups -OCH3 is 1. The van der Waals surface area contributed by atoms with Crippen molar-refractivity contribution in [3.05, 3.63) is 81.4 Å². The average Bonchev–Trinajstić information content (AvgIpc) is 2.96. The Labute approximate surface area is 247 Å². The van der Waals surface area contributed by atoms with Gasteiger partial charge in [-0.1, -0.05) is 17.7 Å². The molecule has 1 N–H and O–H groups in total. The van der Waals surface area contributed by atoms with Gasteiger partial charge in [0.25, 0.3) is 15.7 Å². The lowest BCUT2D eigenvalue weighted by Crippen LogP contribution is -2.40. The first-order chi connectivity index (χ1) is 19.8. The van der Waals surface area contributed by atoms with Gasteiger partial charge >= 0.3 is 0 Å². The SMILES string of the molecule is COc1ccc(Cl)cc1N(CC(=O)Nc1ccc(S(=O)(=O)N2CCOCC2)cc1)S(=O)(=O)c1ccc(C)c([N+](=O)[O-])c1. The van der Waals surface area contributed by atoms with Crippen molar-refractivity contribution in [1.29, 1.82) is 0 Å². The summed E-state index contributed by atoms with van der Waals surface area (Å²) in [4.78, 5) is 23.6. The number of nitrogens with one attached hydrogen (secondary N) is 1. The van der Waals surface area contributed by atoms with Crippen molar-refractivity contribution in [2.75, 3.05) is 49.6 Å². The van der Waals surface area contributed by atoms with Crippen LogP contribution in [0.4, 0.5) is 17.1 Å². The molecule has 0 atom stereocenters. The maximum atomic E-state index is 13.8. The topological polar surface area (TPSA) is 165 Å². The highest BCUT2D eigenvalue weighted by Gasteiger charge is 2.32. The number of benzene rings is 3. The predicted octanol–water partition coefficient (Wildman–Crippen LogP) is 3.42. The van der Waals surface area contributed by atoms with Gasteiger partial charge in [-0.15, -0.1) is 0 Å². The van der Waals surface area contributed by atoms with Crippen molar-refractivity contribution in [3.8, 4) is 5.75 Å². The minimum Gasteiger partial charge on any atom is -0.495 e. The van der Waals surface area contributed by atoms with Crippen LogP contribution in [-0.4, -0.2) is 71.9 Å². The molecule has 0 aromatic heterocycles. The molecule has 1 fully saturated rings. The number of ether oxygens (including phenoxy) is 2. The third-order valence-electron chi connectivity index (χ3n) is 6.41. The molecular formula is C26H27ClN4O9S2. The molecule has 3 aromatic carbocycles. The Morgan fingerprint density at radius 3 is 2.31 bits per heavy atom. The molecule has 0 aliphatic carbocycles. The van der Waals surface area contributed by atoms with E-state index in [2.05, 4.69) is 5.32 Å². The highest BCUT2D eigenvalue weighted by Crippen LogP contribution is 2.36. The van der Waals surface area contributed by atoms with Crippen molar-refractivity contribution < 1.29 is 36.0 Å². The summed E-state index contributed by atoms with van der Waals surface area (Å²) in [6.45, 7) is 1.73. The van der Waals surface area contributed by atoms with Crippen LogP contribution in [0.1, 0.15) is 5.56 Å². The smallest absolute Gasteiger partial charge is 0.273 e. The molecule has 1 heterocycles. The number of morpholine rings is 1. The van der Waals surface area contributed by atoms with Crippen molar-refractivity contribution in [2.24, 2.45) is 0 Å². The van der Waals surface area contributed by atoms with Gasteiger partial charge in [0.05, 0.1) is 40.7 Å². The summed E-state index contributed by atoms with van der Waals surface area (Å²) >= 11 is 6.15. The quantitative estimate of drug-likeness (QED) is 0.259. The number of hydrogen-bond donors (Lipinski definition) is 1. The van der Waals surface area contributed by atoms with E-state index in [0.29, 0.717) is 13.2 Å². The number of nitro groups is 1. The van der Waals surface area contributed by atoms with Crippen molar-refractivity contribution in [1.82, 2.24) is 4.31 Å². The molecule has 1 aliphatic rings. The fourth-order valence-corrected chi connectivity index (χ4v) is 7.23. The molecule has 0 radical (unpaired) electrons. The van der Waals surface area contributed by atoms with Crippen LogP contribution in [0.25, 0.3) is 0 Å². The normalized spacial score (nSPS) is 14.3. The molecule has 1 amide bonds. The molecule has 13 nitrogen and oxygen atoms in total. The lowest BCUT2D eigenvalue weighted by atomic mass is 10.2. The number of anilines is 2. The van der Waals surface area contributed by atoms with Gasteiger partial charge in [-0.2, -0.15) is 4.31 Å². The van der Waals surface area contributed by atoms with Gasteiger partial charge in [-0.25, -0.2) is 16.8 Å². The van der Waals surface area contributed by atoms with Gasteiger partial charge in [0.1, 0.15) is 12.3 Å². The molecule has 0 unspecified atom stereocenters. The highest BCUT2D eigenvalue weighted by atomic mass is 35.5. The second-order valence-corrected chi connectivity index (χ2v) is 13.4. The summed E-state index contributed by atoms with van der Waals surface area (Å²) in [5.41, 5.74) is -0.0223. The van der Waals surface area contributed by atoms with Crippen LogP contribution >= 0.6 is 11.6 Å². The Balaban J connectivity index is 1.64. The maximum Gasteiger partial charge on any atom is 0.273 e. The molecule has 0 bridgehead atoms. The van der Waals surface area contributed by atoms with Crippen LogP contribution in [0.15, 0.2) is 70.5 Å². The monoisotopic (exact) mass is 638 g/mol. The van der Waals surface area contributed by atoms with E-state index in [1.165, 1.54) is 72.9 Å². The van der Waals surface area contributed by atoms with E-state index < -0.39 is 48.0 Å². The van der Waals surface area contributed by atoms with E-state index in [1.54, 1.807) is 0 Å². The maximum absolute atomic E-state index is 13.8. The average molecular weight is 639 g/mol. The molecule has 16 heteroatoms. The van der Waals surface area contributed by atoms with Crippen LogP contribution in [0.5, 0.6) is 5.75 Å². The fourth-order valence-electron chi connectivity index (χ4n) is 4.21. The zero-order chi connectivity index (χ0) is 30.7. The molecule has 224 valence electrons. The van der Waals surface area contributed by atoms with Gasteiger partial charge in [0, 0.05) is 35.4 Å². The number of halogens is 1. The van der Waals surface area contributed by atoms with Crippen LogP contribution < -0.4 is 14.4 Å². The highest BCUT2D eigenvalue weighted by molar-refractivity contribution is 7.93. The lowest BCUT2D eigenvalue weighted by Gasteiger charge is -2.26. The Morgan fingerprint density at radius 2 is 1.69 bits per heavy atom. The van der Waals surface area contributed by atoms with Gasteiger partial charge in [-0.05, 0) is 55.5 Å². The van der Waals surface area contributed by atoms with Gasteiger partial charge < -0.3 is 14.8 Å².